The third-order valence-electron chi connectivity index (χ3n) is 4.14. The molecule has 21 heavy (non-hydrogen) atoms. The average molecular weight is 306 g/mol. The molecule has 0 radical (unpaired) electrons. The van der Waals surface area contributed by atoms with Crippen molar-refractivity contribution in [3.8, 4) is 5.75 Å². The second kappa shape index (κ2) is 5.14. The molecule has 1 aliphatic heterocycles. The van der Waals surface area contributed by atoms with E-state index in [0.717, 1.165) is 16.8 Å². The van der Waals surface area contributed by atoms with Crippen molar-refractivity contribution in [2.45, 2.75) is 65.5 Å². The Bertz CT molecular complexity index is 519. The molecule has 116 valence electrons. The molecule has 0 spiro atoms. The highest BCUT2D eigenvalue weighted by Gasteiger charge is 2.51. The van der Waals surface area contributed by atoms with Gasteiger partial charge in [0.1, 0.15) is 5.75 Å². The van der Waals surface area contributed by atoms with E-state index in [-0.39, 0.29) is 18.3 Å². The Hall–Kier alpha value is -0.778. The maximum absolute atomic E-state index is 6.09. The molecule has 1 saturated heterocycles. The Balaban J connectivity index is 2.22. The normalized spacial score (nSPS) is 20.7. The number of aryl methyl sites for hydroxylation is 1. The zero-order valence-electron chi connectivity index (χ0n) is 14.5. The number of hydrogen-bond donors (Lipinski definition) is 0. The molecule has 0 aromatic heterocycles. The molecule has 1 fully saturated rings. The molecular formula is C16H27BO3Si. The third kappa shape index (κ3) is 3.52. The van der Waals surface area contributed by atoms with E-state index >= 15 is 0 Å². The molecule has 1 aliphatic rings. The topological polar surface area (TPSA) is 27.7 Å². The Morgan fingerprint density at radius 1 is 1.00 bits per heavy atom. The van der Waals surface area contributed by atoms with E-state index < -0.39 is 8.32 Å². The highest BCUT2D eigenvalue weighted by molar-refractivity contribution is 6.70. The Labute approximate surface area is 130 Å². The van der Waals surface area contributed by atoms with Crippen LogP contribution in [-0.2, 0) is 9.31 Å². The lowest BCUT2D eigenvalue weighted by molar-refractivity contribution is 0.00578. The second-order valence-electron chi connectivity index (χ2n) is 7.83. The van der Waals surface area contributed by atoms with Crippen LogP contribution in [0.1, 0.15) is 33.3 Å². The highest BCUT2D eigenvalue weighted by Crippen LogP contribution is 2.36. The van der Waals surface area contributed by atoms with Gasteiger partial charge in [0.15, 0.2) is 0 Å². The second-order valence-corrected chi connectivity index (χ2v) is 12.3. The first kappa shape index (κ1) is 16.6. The summed E-state index contributed by atoms with van der Waals surface area (Å²) in [5.74, 6) is 0.967. The molecular weight excluding hydrogens is 279 g/mol. The van der Waals surface area contributed by atoms with E-state index in [1.807, 2.05) is 12.1 Å². The molecule has 0 N–H and O–H groups in total. The maximum atomic E-state index is 6.09. The minimum atomic E-state index is -1.59. The number of hydrogen-bond acceptors (Lipinski definition) is 3. The van der Waals surface area contributed by atoms with Crippen molar-refractivity contribution in [1.29, 1.82) is 0 Å². The SMILES string of the molecule is Cc1cc(B2OC(C)(C)C(C)(C)O2)ccc1O[Si](C)(C)C. The van der Waals surface area contributed by atoms with Gasteiger partial charge in [-0.2, -0.15) is 0 Å². The Morgan fingerprint density at radius 2 is 1.52 bits per heavy atom. The van der Waals surface area contributed by atoms with Gasteiger partial charge in [-0.25, -0.2) is 0 Å². The minimum Gasteiger partial charge on any atom is -0.544 e. The summed E-state index contributed by atoms with van der Waals surface area (Å²) in [7, 11) is -1.90. The number of rotatable bonds is 3. The van der Waals surface area contributed by atoms with Crippen molar-refractivity contribution in [2.75, 3.05) is 0 Å². The first-order valence-electron chi connectivity index (χ1n) is 7.56. The molecule has 0 atom stereocenters. The fraction of sp³-hybridized carbons (Fsp3) is 0.625. The fourth-order valence-electron chi connectivity index (χ4n) is 2.24. The van der Waals surface area contributed by atoms with E-state index in [2.05, 4.69) is 60.3 Å². The lowest BCUT2D eigenvalue weighted by Gasteiger charge is -2.32. The minimum absolute atomic E-state index is 0.306. The molecule has 1 aromatic carbocycles. The predicted molar refractivity (Wildman–Crippen MR) is 90.9 cm³/mol. The first-order chi connectivity index (χ1) is 9.41. The smallest absolute Gasteiger partial charge is 0.494 e. The van der Waals surface area contributed by atoms with Crippen LogP contribution in [0.4, 0.5) is 0 Å². The summed E-state index contributed by atoms with van der Waals surface area (Å²) in [6, 6.07) is 6.19. The highest BCUT2D eigenvalue weighted by atomic mass is 28.4. The van der Waals surface area contributed by atoms with Crippen molar-refractivity contribution in [1.82, 2.24) is 0 Å². The standard InChI is InChI=1S/C16H27BO3Si/c1-12-11-13(9-10-14(12)18-21(6,7)8)17-19-15(2,3)16(4,5)20-17/h9-11H,1-8H3. The van der Waals surface area contributed by atoms with Gasteiger partial charge in [-0.1, -0.05) is 12.1 Å². The van der Waals surface area contributed by atoms with Crippen molar-refractivity contribution in [3.05, 3.63) is 23.8 Å². The maximum Gasteiger partial charge on any atom is 0.494 e. The van der Waals surface area contributed by atoms with Gasteiger partial charge in [0.25, 0.3) is 0 Å². The number of benzene rings is 1. The molecule has 5 heteroatoms. The van der Waals surface area contributed by atoms with Crippen LogP contribution in [0.5, 0.6) is 5.75 Å². The lowest BCUT2D eigenvalue weighted by atomic mass is 9.78. The first-order valence-corrected chi connectivity index (χ1v) is 11.0. The van der Waals surface area contributed by atoms with Crippen LogP contribution < -0.4 is 9.89 Å². The zero-order chi connectivity index (χ0) is 16.1. The van der Waals surface area contributed by atoms with Crippen LogP contribution in [0.15, 0.2) is 18.2 Å². The van der Waals surface area contributed by atoms with Crippen LogP contribution in [0.25, 0.3) is 0 Å². The van der Waals surface area contributed by atoms with E-state index in [4.69, 9.17) is 13.7 Å². The van der Waals surface area contributed by atoms with Gasteiger partial charge in [-0.05, 0) is 71.4 Å². The molecule has 0 amide bonds. The quantitative estimate of drug-likeness (QED) is 0.800. The van der Waals surface area contributed by atoms with Crippen molar-refractivity contribution in [3.63, 3.8) is 0 Å². The summed E-state index contributed by atoms with van der Waals surface area (Å²) in [6.45, 7) is 16.9. The summed E-state index contributed by atoms with van der Waals surface area (Å²) >= 11 is 0. The van der Waals surface area contributed by atoms with Gasteiger partial charge in [0.2, 0.25) is 8.32 Å². The molecule has 1 aromatic rings. The van der Waals surface area contributed by atoms with Crippen molar-refractivity contribution < 1.29 is 13.7 Å². The van der Waals surface area contributed by atoms with Crippen molar-refractivity contribution in [2.24, 2.45) is 0 Å². The van der Waals surface area contributed by atoms with E-state index in [1.54, 1.807) is 0 Å². The Kier molecular flexibility index (Phi) is 4.06. The average Bonchev–Trinajstić information content (AvgIpc) is 2.49. The summed E-state index contributed by atoms with van der Waals surface area (Å²) < 4.78 is 18.3. The van der Waals surface area contributed by atoms with Gasteiger partial charge in [-0.15, -0.1) is 0 Å². The summed E-state index contributed by atoms with van der Waals surface area (Å²) in [5, 5.41) is 0. The fourth-order valence-corrected chi connectivity index (χ4v) is 3.13. The molecule has 0 unspecified atom stereocenters. The molecule has 0 saturated carbocycles. The van der Waals surface area contributed by atoms with E-state index in [1.165, 1.54) is 0 Å². The predicted octanol–water partition coefficient (Wildman–Crippen LogP) is 3.51. The third-order valence-corrected chi connectivity index (χ3v) is 4.97. The van der Waals surface area contributed by atoms with Gasteiger partial charge in [0, 0.05) is 0 Å². The van der Waals surface area contributed by atoms with E-state index in [0.29, 0.717) is 0 Å². The van der Waals surface area contributed by atoms with Crippen LogP contribution in [0, 0.1) is 6.92 Å². The summed E-state index contributed by atoms with van der Waals surface area (Å²) in [4.78, 5) is 0. The van der Waals surface area contributed by atoms with Gasteiger partial charge in [-0.3, -0.25) is 0 Å². The molecule has 2 rings (SSSR count). The molecule has 1 heterocycles. The van der Waals surface area contributed by atoms with Gasteiger partial charge in [0.05, 0.1) is 11.2 Å². The summed E-state index contributed by atoms with van der Waals surface area (Å²) in [6.07, 6.45) is 0. The summed E-state index contributed by atoms with van der Waals surface area (Å²) in [5.41, 5.74) is 1.57. The Morgan fingerprint density at radius 3 is 1.95 bits per heavy atom. The zero-order valence-corrected chi connectivity index (χ0v) is 15.5. The van der Waals surface area contributed by atoms with Gasteiger partial charge >= 0.3 is 7.12 Å². The van der Waals surface area contributed by atoms with E-state index in [9.17, 15) is 0 Å². The molecule has 0 aliphatic carbocycles. The molecule has 3 nitrogen and oxygen atoms in total. The van der Waals surface area contributed by atoms with Crippen LogP contribution in [-0.4, -0.2) is 26.6 Å². The van der Waals surface area contributed by atoms with Crippen LogP contribution in [0.2, 0.25) is 19.6 Å². The van der Waals surface area contributed by atoms with Crippen LogP contribution >= 0.6 is 0 Å². The largest absolute Gasteiger partial charge is 0.544 e. The monoisotopic (exact) mass is 306 g/mol. The molecule has 0 bridgehead atoms. The lowest BCUT2D eigenvalue weighted by Crippen LogP contribution is -2.41. The van der Waals surface area contributed by atoms with Gasteiger partial charge < -0.3 is 13.7 Å². The van der Waals surface area contributed by atoms with Crippen LogP contribution in [0.3, 0.4) is 0 Å². The van der Waals surface area contributed by atoms with Crippen molar-refractivity contribution >= 4 is 20.9 Å².